The Hall–Kier alpha value is -2.59. The first-order chi connectivity index (χ1) is 21.9. The first kappa shape index (κ1) is 41.4. The molecule has 0 saturated carbocycles. The lowest BCUT2D eigenvalue weighted by atomic mass is 9.79. The Morgan fingerprint density at radius 3 is 1.98 bits per heavy atom. The summed E-state index contributed by atoms with van der Waals surface area (Å²) < 4.78 is 0. The van der Waals surface area contributed by atoms with Crippen LogP contribution in [0.2, 0.25) is 0 Å². The van der Waals surface area contributed by atoms with Gasteiger partial charge < -0.3 is 0 Å². The van der Waals surface area contributed by atoms with Crippen molar-refractivity contribution in [3.05, 3.63) is 88.1 Å². The van der Waals surface area contributed by atoms with Gasteiger partial charge in [0.1, 0.15) is 0 Å². The molecule has 0 aliphatic heterocycles. The minimum Gasteiger partial charge on any atom is -0.193 e. The van der Waals surface area contributed by atoms with E-state index in [1.807, 2.05) is 0 Å². The van der Waals surface area contributed by atoms with Crippen LogP contribution >= 0.6 is 0 Å². The first-order valence-electron chi connectivity index (χ1n) is 18.8. The molecule has 46 heavy (non-hydrogen) atoms. The molecule has 1 nitrogen and oxygen atoms in total. The van der Waals surface area contributed by atoms with E-state index in [0.29, 0.717) is 0 Å². The molecule has 0 radical (unpaired) electrons. The molecule has 1 aromatic rings. The molecule has 0 aliphatic rings. The van der Waals surface area contributed by atoms with Gasteiger partial charge in [-0.2, -0.15) is 5.26 Å². The molecular weight excluding hydrogens is 555 g/mol. The fraction of sp³-hybridized carbons (Fsp3) is 0.622. The molecule has 2 unspecified atom stereocenters. The minimum absolute atomic E-state index is 0.732. The van der Waals surface area contributed by atoms with Crippen molar-refractivity contribution in [2.75, 3.05) is 0 Å². The van der Waals surface area contributed by atoms with Gasteiger partial charge in [-0.3, -0.25) is 0 Å². The number of benzene rings is 1. The third kappa shape index (κ3) is 14.9. The van der Waals surface area contributed by atoms with Crippen LogP contribution < -0.4 is 0 Å². The van der Waals surface area contributed by atoms with Crippen molar-refractivity contribution in [1.82, 2.24) is 0 Å². The monoisotopic (exact) mass is 626 g/mol. The van der Waals surface area contributed by atoms with Gasteiger partial charge in [0, 0.05) is 5.57 Å². The summed E-state index contributed by atoms with van der Waals surface area (Å²) in [5.41, 5.74) is 15.0. The molecule has 0 heterocycles. The van der Waals surface area contributed by atoms with Crippen molar-refractivity contribution in [2.45, 2.75) is 171 Å². The second kappa shape index (κ2) is 22.9. The van der Waals surface area contributed by atoms with E-state index >= 15 is 0 Å². The van der Waals surface area contributed by atoms with Crippen LogP contribution in [0.5, 0.6) is 0 Å². The Balaban J connectivity index is 2.75. The van der Waals surface area contributed by atoms with Gasteiger partial charge in [-0.15, -0.1) is 6.58 Å². The average molecular weight is 626 g/mol. The van der Waals surface area contributed by atoms with E-state index in [4.69, 9.17) is 5.26 Å². The van der Waals surface area contributed by atoms with Gasteiger partial charge in [-0.1, -0.05) is 127 Å². The van der Waals surface area contributed by atoms with Crippen LogP contribution in [0.25, 0.3) is 5.57 Å². The van der Waals surface area contributed by atoms with Gasteiger partial charge in [0.2, 0.25) is 0 Å². The van der Waals surface area contributed by atoms with Crippen LogP contribution in [0.4, 0.5) is 0 Å². The predicted molar refractivity (Wildman–Crippen MR) is 207 cm³/mol. The molecule has 0 aliphatic carbocycles. The van der Waals surface area contributed by atoms with Gasteiger partial charge in [0.25, 0.3) is 0 Å². The maximum Gasteiger partial charge on any atom is 0.0940 e. The number of nitrogens with zero attached hydrogens (tertiary/aromatic N) is 1. The zero-order chi connectivity index (χ0) is 34.6. The smallest absolute Gasteiger partial charge is 0.0940 e. The summed E-state index contributed by atoms with van der Waals surface area (Å²) in [6.07, 6.45) is 23.5. The highest BCUT2D eigenvalue weighted by Gasteiger charge is 2.21. The van der Waals surface area contributed by atoms with E-state index in [1.54, 1.807) is 0 Å². The Bertz CT molecular complexity index is 1210. The van der Waals surface area contributed by atoms with E-state index in [9.17, 15) is 0 Å². The van der Waals surface area contributed by atoms with Crippen molar-refractivity contribution < 1.29 is 0 Å². The van der Waals surface area contributed by atoms with Crippen LogP contribution in [0.3, 0.4) is 0 Å². The van der Waals surface area contributed by atoms with Gasteiger partial charge in [0.05, 0.1) is 6.07 Å². The highest BCUT2D eigenvalue weighted by Crippen LogP contribution is 2.36. The molecule has 256 valence electrons. The van der Waals surface area contributed by atoms with Gasteiger partial charge in [0.15, 0.2) is 0 Å². The second-order valence-corrected chi connectivity index (χ2v) is 14.6. The van der Waals surface area contributed by atoms with Gasteiger partial charge in [-0.05, 0) is 137 Å². The van der Waals surface area contributed by atoms with Crippen LogP contribution in [-0.2, 0) is 25.7 Å². The molecule has 0 saturated heterocycles. The summed E-state index contributed by atoms with van der Waals surface area (Å²) in [7, 11) is 0. The van der Waals surface area contributed by atoms with E-state index in [-0.39, 0.29) is 0 Å². The summed E-state index contributed by atoms with van der Waals surface area (Å²) in [6.45, 7) is 35.3. The lowest BCUT2D eigenvalue weighted by Crippen LogP contribution is -2.11. The first-order valence-corrected chi connectivity index (χ1v) is 18.8. The summed E-state index contributed by atoms with van der Waals surface area (Å²) >= 11 is 0. The Morgan fingerprint density at radius 2 is 1.39 bits per heavy atom. The third-order valence-corrected chi connectivity index (χ3v) is 10.3. The quantitative estimate of drug-likeness (QED) is 0.0602. The molecule has 0 N–H and O–H groups in total. The number of allylic oxidation sites excluding steroid dienone is 6. The summed E-state index contributed by atoms with van der Waals surface area (Å²) in [5.74, 6) is 1.53. The molecule has 0 bridgehead atoms. The number of unbranched alkanes of at least 4 members (excludes halogenated alkanes) is 4. The van der Waals surface area contributed by atoms with Crippen molar-refractivity contribution in [3.8, 4) is 6.07 Å². The molecule has 2 atom stereocenters. The zero-order valence-corrected chi connectivity index (χ0v) is 31.7. The van der Waals surface area contributed by atoms with Gasteiger partial charge >= 0.3 is 0 Å². The number of hydrogen-bond acceptors (Lipinski definition) is 1. The second-order valence-electron chi connectivity index (χ2n) is 14.6. The van der Waals surface area contributed by atoms with Crippen molar-refractivity contribution in [3.63, 3.8) is 0 Å². The summed E-state index contributed by atoms with van der Waals surface area (Å²) in [4.78, 5) is 0. The highest BCUT2D eigenvalue weighted by molar-refractivity contribution is 5.72. The lowest BCUT2D eigenvalue weighted by Gasteiger charge is -2.26. The van der Waals surface area contributed by atoms with Crippen LogP contribution in [0.15, 0.2) is 54.7 Å². The molecule has 1 aromatic carbocycles. The molecule has 0 fully saturated rings. The fourth-order valence-corrected chi connectivity index (χ4v) is 7.17. The van der Waals surface area contributed by atoms with Crippen LogP contribution in [0, 0.1) is 30.1 Å². The topological polar surface area (TPSA) is 23.8 Å². The minimum atomic E-state index is 0.732. The fourth-order valence-electron chi connectivity index (χ4n) is 7.17. The van der Waals surface area contributed by atoms with Gasteiger partial charge in [-0.25, -0.2) is 0 Å². The molecular formula is C45H71N. The highest BCUT2D eigenvalue weighted by atomic mass is 14.3. The van der Waals surface area contributed by atoms with Crippen molar-refractivity contribution in [1.29, 1.82) is 5.26 Å². The van der Waals surface area contributed by atoms with Crippen molar-refractivity contribution >= 4 is 5.57 Å². The van der Waals surface area contributed by atoms with E-state index < -0.39 is 0 Å². The summed E-state index contributed by atoms with van der Waals surface area (Å²) in [5, 5.41) is 8.98. The Kier molecular flexibility index (Phi) is 20.6. The molecule has 1 heteroatoms. The van der Waals surface area contributed by atoms with E-state index in [2.05, 4.69) is 93.9 Å². The van der Waals surface area contributed by atoms with E-state index in [0.717, 1.165) is 75.2 Å². The molecule has 1 rings (SSSR count). The Labute approximate surface area is 287 Å². The summed E-state index contributed by atoms with van der Waals surface area (Å²) in [6, 6.07) is 2.20. The van der Waals surface area contributed by atoms with Crippen molar-refractivity contribution in [2.24, 2.45) is 11.8 Å². The SMILES string of the molecule is C=C(C)CC/C(C)=C/Cc1c(CC)c(C)c(CC)c(C(=C)C)c1CC(=C)CCCCCCCC(C)CCC(CC)CCC(=C)C#N. The maximum absolute atomic E-state index is 8.98. The third-order valence-electron chi connectivity index (χ3n) is 10.3. The lowest BCUT2D eigenvalue weighted by molar-refractivity contribution is 0.363. The van der Waals surface area contributed by atoms with Crippen LogP contribution in [0.1, 0.15) is 172 Å². The molecule has 0 aromatic heterocycles. The predicted octanol–water partition coefficient (Wildman–Crippen LogP) is 14.1. The largest absolute Gasteiger partial charge is 0.193 e. The standard InChI is InChI=1S/C45H71N/c1-13-40(29-26-38(11)32-46)28-25-35(8)21-19-17-16-18-20-22-37(10)31-44-43(30-27-36(9)24-23-33(4)5)41(14-2)39(12)42(15-3)45(44)34(6)7/h27,35,40H,4,6,10-11,13-26,28-31H2,1-3,5,7-9,12H3/b36-27+. The molecule has 0 spiro atoms. The number of nitriles is 1. The number of rotatable bonds is 25. The van der Waals surface area contributed by atoms with E-state index in [1.165, 1.54) is 113 Å². The average Bonchev–Trinajstić information content (AvgIpc) is 3.02. The zero-order valence-electron chi connectivity index (χ0n) is 31.7. The van der Waals surface area contributed by atoms with Crippen LogP contribution in [-0.4, -0.2) is 0 Å². The Morgan fingerprint density at radius 1 is 0.739 bits per heavy atom. The maximum atomic E-state index is 8.98. The normalized spacial score (nSPS) is 12.9. The number of hydrogen-bond donors (Lipinski definition) is 0. The molecule has 0 amide bonds.